The standard InChI is InChI=1S/C14H18Cl2N2O/c1-5-6-7-11(15)9(2)8-12-17-10(3)13(16)14(19)18(12)4/h7-8H,5-6H2,1-4H3/b9-8-,11-7-. The van der Waals surface area contributed by atoms with Gasteiger partial charge in [0, 0.05) is 12.1 Å². The molecule has 0 aliphatic rings. The summed E-state index contributed by atoms with van der Waals surface area (Å²) >= 11 is 12.0. The molecule has 0 aliphatic carbocycles. The van der Waals surface area contributed by atoms with Crippen LogP contribution in [0, 0.1) is 6.92 Å². The van der Waals surface area contributed by atoms with Gasteiger partial charge in [0.1, 0.15) is 10.8 Å². The third-order valence-corrected chi connectivity index (χ3v) is 3.66. The highest BCUT2D eigenvalue weighted by Crippen LogP contribution is 2.18. The van der Waals surface area contributed by atoms with E-state index in [1.807, 2.05) is 13.0 Å². The van der Waals surface area contributed by atoms with E-state index in [0.717, 1.165) is 18.4 Å². The SMILES string of the molecule is CCC/C=C(Cl)/C(C)=C\c1nc(C)c(Cl)c(=O)n1C. The fraction of sp³-hybridized carbons (Fsp3) is 0.429. The molecule has 1 aromatic heterocycles. The van der Waals surface area contributed by atoms with Crippen LogP contribution in [0.5, 0.6) is 0 Å². The molecule has 0 radical (unpaired) electrons. The summed E-state index contributed by atoms with van der Waals surface area (Å²) in [5.41, 5.74) is 1.15. The lowest BCUT2D eigenvalue weighted by Gasteiger charge is -2.07. The average molecular weight is 301 g/mol. The van der Waals surface area contributed by atoms with Gasteiger partial charge < -0.3 is 0 Å². The Morgan fingerprint density at radius 3 is 2.68 bits per heavy atom. The molecule has 0 unspecified atom stereocenters. The average Bonchev–Trinajstić information content (AvgIpc) is 2.39. The highest BCUT2D eigenvalue weighted by atomic mass is 35.5. The zero-order valence-corrected chi connectivity index (χ0v) is 13.1. The topological polar surface area (TPSA) is 34.9 Å². The lowest BCUT2D eigenvalue weighted by molar-refractivity contribution is 0.799. The van der Waals surface area contributed by atoms with Crippen LogP contribution in [0.15, 0.2) is 21.5 Å². The first-order valence-electron chi connectivity index (χ1n) is 6.16. The van der Waals surface area contributed by atoms with Crippen LogP contribution in [0.2, 0.25) is 5.02 Å². The van der Waals surface area contributed by atoms with Crippen molar-refractivity contribution in [2.24, 2.45) is 7.05 Å². The highest BCUT2D eigenvalue weighted by Gasteiger charge is 2.08. The first-order chi connectivity index (χ1) is 8.88. The van der Waals surface area contributed by atoms with Crippen LogP contribution in [-0.4, -0.2) is 9.55 Å². The molecule has 0 fully saturated rings. The van der Waals surface area contributed by atoms with Crippen molar-refractivity contribution >= 4 is 29.3 Å². The lowest BCUT2D eigenvalue weighted by Crippen LogP contribution is -2.22. The largest absolute Gasteiger partial charge is 0.295 e. The molecule has 1 rings (SSSR count). The number of rotatable bonds is 4. The first kappa shape index (κ1) is 16.0. The van der Waals surface area contributed by atoms with Crippen LogP contribution >= 0.6 is 23.2 Å². The van der Waals surface area contributed by atoms with E-state index in [9.17, 15) is 4.79 Å². The van der Waals surface area contributed by atoms with Gasteiger partial charge in [0.2, 0.25) is 0 Å². The number of aryl methyl sites for hydroxylation is 1. The number of hydrogen-bond donors (Lipinski definition) is 0. The first-order valence-corrected chi connectivity index (χ1v) is 6.91. The van der Waals surface area contributed by atoms with Crippen molar-refractivity contribution in [2.75, 3.05) is 0 Å². The molecule has 0 bridgehead atoms. The molecule has 0 N–H and O–H groups in total. The van der Waals surface area contributed by atoms with Gasteiger partial charge in [0.25, 0.3) is 5.56 Å². The Kier molecular flexibility index (Phi) is 5.83. The number of halogens is 2. The molecule has 1 aromatic rings. The van der Waals surface area contributed by atoms with Crippen molar-refractivity contribution in [2.45, 2.75) is 33.6 Å². The fourth-order valence-corrected chi connectivity index (χ4v) is 1.86. The molecule has 5 heteroatoms. The maximum atomic E-state index is 11.8. The normalized spacial score (nSPS) is 12.9. The third kappa shape index (κ3) is 3.95. The van der Waals surface area contributed by atoms with Crippen molar-refractivity contribution in [3.8, 4) is 0 Å². The quantitative estimate of drug-likeness (QED) is 0.786. The summed E-state index contributed by atoms with van der Waals surface area (Å²) in [4.78, 5) is 16.2. The second-order valence-corrected chi connectivity index (χ2v) is 5.19. The van der Waals surface area contributed by atoms with E-state index >= 15 is 0 Å². The summed E-state index contributed by atoms with van der Waals surface area (Å²) in [5.74, 6) is 0.549. The zero-order valence-electron chi connectivity index (χ0n) is 11.6. The number of aromatic nitrogens is 2. The second kappa shape index (κ2) is 6.92. The minimum Gasteiger partial charge on any atom is -0.295 e. The Bertz CT molecular complexity index is 586. The Morgan fingerprint density at radius 1 is 1.47 bits per heavy atom. The number of unbranched alkanes of at least 4 members (excludes halogenated alkanes) is 1. The maximum Gasteiger partial charge on any atom is 0.272 e. The predicted octanol–water partition coefficient (Wildman–Crippen LogP) is 4.07. The van der Waals surface area contributed by atoms with Gasteiger partial charge in [-0.15, -0.1) is 0 Å². The van der Waals surface area contributed by atoms with E-state index in [0.29, 0.717) is 16.6 Å². The van der Waals surface area contributed by atoms with E-state index < -0.39 is 0 Å². The highest BCUT2D eigenvalue weighted by molar-refractivity contribution is 6.32. The summed E-state index contributed by atoms with van der Waals surface area (Å²) in [6.45, 7) is 5.70. The Hall–Kier alpha value is -1.06. The van der Waals surface area contributed by atoms with Crippen LogP contribution in [0.1, 0.15) is 38.2 Å². The summed E-state index contributed by atoms with van der Waals surface area (Å²) in [6, 6.07) is 0. The molecule has 0 aromatic carbocycles. The molecule has 3 nitrogen and oxygen atoms in total. The van der Waals surface area contributed by atoms with Gasteiger partial charge in [-0.25, -0.2) is 4.98 Å². The molecular formula is C14H18Cl2N2O. The number of allylic oxidation sites excluding steroid dienone is 3. The summed E-state index contributed by atoms with van der Waals surface area (Å²) in [6.07, 6.45) is 5.73. The smallest absolute Gasteiger partial charge is 0.272 e. The van der Waals surface area contributed by atoms with Crippen molar-refractivity contribution in [3.63, 3.8) is 0 Å². The van der Waals surface area contributed by atoms with Gasteiger partial charge in [-0.3, -0.25) is 9.36 Å². The summed E-state index contributed by atoms with van der Waals surface area (Å²) in [5, 5.41) is 0.841. The Labute approximate surface area is 123 Å². The molecule has 0 spiro atoms. The number of nitrogens with zero attached hydrogens (tertiary/aromatic N) is 2. The molecule has 1 heterocycles. The molecule has 19 heavy (non-hydrogen) atoms. The van der Waals surface area contributed by atoms with Gasteiger partial charge in [-0.2, -0.15) is 0 Å². The van der Waals surface area contributed by atoms with E-state index in [-0.39, 0.29) is 10.6 Å². The molecule has 0 atom stereocenters. The van der Waals surface area contributed by atoms with E-state index in [2.05, 4.69) is 11.9 Å². The molecular weight excluding hydrogens is 283 g/mol. The minimum absolute atomic E-state index is 0.157. The zero-order chi connectivity index (χ0) is 14.6. The predicted molar refractivity (Wildman–Crippen MR) is 81.7 cm³/mol. The van der Waals surface area contributed by atoms with Gasteiger partial charge in [0.05, 0.1) is 5.69 Å². The van der Waals surface area contributed by atoms with Crippen molar-refractivity contribution in [1.82, 2.24) is 9.55 Å². The van der Waals surface area contributed by atoms with Crippen LogP contribution in [0.3, 0.4) is 0 Å². The molecule has 0 aliphatic heterocycles. The lowest BCUT2D eigenvalue weighted by atomic mass is 10.2. The van der Waals surface area contributed by atoms with Gasteiger partial charge >= 0.3 is 0 Å². The van der Waals surface area contributed by atoms with Crippen LogP contribution in [-0.2, 0) is 7.05 Å². The molecule has 0 amide bonds. The van der Waals surface area contributed by atoms with Crippen LogP contribution < -0.4 is 5.56 Å². The van der Waals surface area contributed by atoms with Gasteiger partial charge in [-0.05, 0) is 31.9 Å². The Balaban J connectivity index is 3.22. The number of hydrogen-bond acceptors (Lipinski definition) is 2. The van der Waals surface area contributed by atoms with E-state index in [4.69, 9.17) is 23.2 Å². The van der Waals surface area contributed by atoms with Gasteiger partial charge in [-0.1, -0.05) is 42.6 Å². The van der Waals surface area contributed by atoms with E-state index in [1.54, 1.807) is 20.0 Å². The monoisotopic (exact) mass is 300 g/mol. The summed E-state index contributed by atoms with van der Waals surface area (Å²) < 4.78 is 1.42. The molecule has 0 saturated heterocycles. The summed E-state index contributed by atoms with van der Waals surface area (Å²) in [7, 11) is 1.64. The molecule has 0 saturated carbocycles. The third-order valence-electron chi connectivity index (χ3n) is 2.77. The second-order valence-electron chi connectivity index (χ2n) is 4.40. The molecule has 104 valence electrons. The van der Waals surface area contributed by atoms with Crippen LogP contribution in [0.25, 0.3) is 6.08 Å². The van der Waals surface area contributed by atoms with Gasteiger partial charge in [0.15, 0.2) is 0 Å². The van der Waals surface area contributed by atoms with Crippen molar-refractivity contribution in [3.05, 3.63) is 43.6 Å². The minimum atomic E-state index is -0.248. The maximum absolute atomic E-state index is 11.8. The Morgan fingerprint density at radius 2 is 2.11 bits per heavy atom. The van der Waals surface area contributed by atoms with Crippen molar-refractivity contribution < 1.29 is 0 Å². The fourth-order valence-electron chi connectivity index (χ4n) is 1.53. The van der Waals surface area contributed by atoms with Crippen LogP contribution in [0.4, 0.5) is 0 Å². The van der Waals surface area contributed by atoms with E-state index in [1.165, 1.54) is 4.57 Å². The van der Waals surface area contributed by atoms with Crippen molar-refractivity contribution in [1.29, 1.82) is 0 Å².